The normalized spacial score (nSPS) is 10.8. The van der Waals surface area contributed by atoms with Crippen molar-refractivity contribution in [1.82, 2.24) is 5.32 Å². The summed E-state index contributed by atoms with van der Waals surface area (Å²) in [5.74, 6) is 1.21. The van der Waals surface area contributed by atoms with Gasteiger partial charge in [-0.3, -0.25) is 0 Å². The van der Waals surface area contributed by atoms with E-state index >= 15 is 0 Å². The molecule has 0 aliphatic carbocycles. The lowest BCUT2D eigenvalue weighted by molar-refractivity contribution is 0.284. The highest BCUT2D eigenvalue weighted by atomic mass is 35.5. The van der Waals surface area contributed by atoms with Crippen LogP contribution in [0.5, 0.6) is 11.5 Å². The molecule has 0 fully saturated rings. The number of methoxy groups -OCH3 is 1. The quantitative estimate of drug-likeness (QED) is 0.427. The van der Waals surface area contributed by atoms with Crippen LogP contribution >= 0.6 is 46.1 Å². The van der Waals surface area contributed by atoms with Crippen molar-refractivity contribution in [3.05, 3.63) is 78.9 Å². The highest BCUT2D eigenvalue weighted by molar-refractivity contribution is 7.09. The number of ether oxygens (including phenoxy) is 2. The predicted octanol–water partition coefficient (Wildman–Crippen LogP) is 6.59. The molecule has 7 heteroatoms. The maximum atomic E-state index is 6.44. The van der Waals surface area contributed by atoms with E-state index in [0.717, 1.165) is 17.7 Å². The van der Waals surface area contributed by atoms with Crippen molar-refractivity contribution in [2.45, 2.75) is 19.7 Å². The van der Waals surface area contributed by atoms with Gasteiger partial charge in [-0.25, -0.2) is 0 Å². The third kappa shape index (κ3) is 5.53. The minimum absolute atomic E-state index is 0.333. The van der Waals surface area contributed by atoms with Gasteiger partial charge in [0.05, 0.1) is 17.2 Å². The van der Waals surface area contributed by atoms with Gasteiger partial charge in [-0.15, -0.1) is 11.3 Å². The summed E-state index contributed by atoms with van der Waals surface area (Å²) in [6, 6.07) is 13.2. The molecule has 0 saturated heterocycles. The lowest BCUT2D eigenvalue weighted by Crippen LogP contribution is -2.12. The van der Waals surface area contributed by atoms with Gasteiger partial charge >= 0.3 is 0 Å². The minimum atomic E-state index is 0.333. The van der Waals surface area contributed by atoms with Crippen LogP contribution < -0.4 is 14.8 Å². The SMILES string of the molecule is COc1cc(CNCc2cccs2)c(Cl)cc1OCc1ccc(Cl)c(Cl)c1. The van der Waals surface area contributed by atoms with Crippen LogP contribution in [0.1, 0.15) is 16.0 Å². The Balaban J connectivity index is 1.66. The highest BCUT2D eigenvalue weighted by Crippen LogP contribution is 2.34. The Hall–Kier alpha value is -1.43. The molecule has 3 nitrogen and oxygen atoms in total. The number of rotatable bonds is 8. The summed E-state index contributed by atoms with van der Waals surface area (Å²) in [5, 5.41) is 7.08. The molecule has 0 spiro atoms. The molecule has 0 saturated carbocycles. The van der Waals surface area contributed by atoms with E-state index in [2.05, 4.69) is 16.8 Å². The molecule has 1 N–H and O–H groups in total. The van der Waals surface area contributed by atoms with Crippen molar-refractivity contribution < 1.29 is 9.47 Å². The zero-order valence-electron chi connectivity index (χ0n) is 14.6. The number of hydrogen-bond donors (Lipinski definition) is 1. The van der Waals surface area contributed by atoms with E-state index in [-0.39, 0.29) is 0 Å². The highest BCUT2D eigenvalue weighted by Gasteiger charge is 2.11. The summed E-state index contributed by atoms with van der Waals surface area (Å²) in [4.78, 5) is 1.28. The first kappa shape index (κ1) is 20.3. The fourth-order valence-corrected chi connectivity index (χ4v) is 3.72. The monoisotopic (exact) mass is 441 g/mol. The van der Waals surface area contributed by atoms with Gasteiger partial charge in [-0.1, -0.05) is 46.9 Å². The summed E-state index contributed by atoms with van der Waals surface area (Å²) in [5.41, 5.74) is 1.86. The fraction of sp³-hybridized carbons (Fsp3) is 0.200. The Morgan fingerprint density at radius 1 is 0.926 bits per heavy atom. The summed E-state index contributed by atoms with van der Waals surface area (Å²) < 4.78 is 11.3. The molecule has 27 heavy (non-hydrogen) atoms. The molecular weight excluding hydrogens is 425 g/mol. The Bertz CT molecular complexity index is 900. The van der Waals surface area contributed by atoms with Gasteiger partial charge in [0, 0.05) is 29.1 Å². The van der Waals surface area contributed by atoms with Gasteiger partial charge in [0.2, 0.25) is 0 Å². The minimum Gasteiger partial charge on any atom is -0.493 e. The second-order valence-corrected chi connectivity index (χ2v) is 8.07. The maximum absolute atomic E-state index is 6.44. The first-order valence-electron chi connectivity index (χ1n) is 8.23. The van der Waals surface area contributed by atoms with E-state index in [9.17, 15) is 0 Å². The van der Waals surface area contributed by atoms with Crippen LogP contribution in [-0.4, -0.2) is 7.11 Å². The van der Waals surface area contributed by atoms with Crippen LogP contribution in [0.25, 0.3) is 0 Å². The van der Waals surface area contributed by atoms with Crippen LogP contribution in [0.3, 0.4) is 0 Å². The van der Waals surface area contributed by atoms with E-state index in [1.165, 1.54) is 4.88 Å². The predicted molar refractivity (Wildman–Crippen MR) is 114 cm³/mol. The van der Waals surface area contributed by atoms with Crippen molar-refractivity contribution in [3.8, 4) is 11.5 Å². The molecule has 2 aromatic carbocycles. The van der Waals surface area contributed by atoms with E-state index in [0.29, 0.717) is 39.7 Å². The van der Waals surface area contributed by atoms with Gasteiger partial charge in [0.1, 0.15) is 6.61 Å². The van der Waals surface area contributed by atoms with E-state index in [1.54, 1.807) is 36.6 Å². The van der Waals surface area contributed by atoms with Crippen LogP contribution in [0.2, 0.25) is 15.1 Å². The van der Waals surface area contributed by atoms with Crippen molar-refractivity contribution >= 4 is 46.1 Å². The summed E-state index contributed by atoms with van der Waals surface area (Å²) in [6.07, 6.45) is 0. The number of benzene rings is 2. The van der Waals surface area contributed by atoms with Crippen molar-refractivity contribution in [2.24, 2.45) is 0 Å². The first-order chi connectivity index (χ1) is 13.1. The van der Waals surface area contributed by atoms with Gasteiger partial charge < -0.3 is 14.8 Å². The Morgan fingerprint density at radius 2 is 1.78 bits per heavy atom. The van der Waals surface area contributed by atoms with E-state index in [1.807, 2.05) is 18.2 Å². The van der Waals surface area contributed by atoms with Crippen LogP contribution in [0, 0.1) is 0 Å². The lowest BCUT2D eigenvalue weighted by atomic mass is 10.2. The third-order valence-electron chi connectivity index (χ3n) is 3.91. The molecule has 1 heterocycles. The Labute approximate surface area is 177 Å². The standard InChI is InChI=1S/C20H18Cl3NO2S/c1-25-19-8-14(10-24-11-15-3-2-6-27-15)17(22)9-20(19)26-12-13-4-5-16(21)18(23)7-13/h2-9,24H,10-12H2,1H3. The summed E-state index contributed by atoms with van der Waals surface area (Å²) in [7, 11) is 1.61. The van der Waals surface area contributed by atoms with Crippen LogP contribution in [-0.2, 0) is 19.7 Å². The maximum Gasteiger partial charge on any atom is 0.163 e. The lowest BCUT2D eigenvalue weighted by Gasteiger charge is -2.14. The average Bonchev–Trinajstić information content (AvgIpc) is 3.17. The molecule has 0 bridgehead atoms. The molecule has 0 unspecified atom stereocenters. The second kappa shape index (κ2) is 9.67. The van der Waals surface area contributed by atoms with E-state index < -0.39 is 0 Å². The molecular formula is C20H18Cl3NO2S. The fourth-order valence-electron chi connectivity index (χ4n) is 2.51. The smallest absolute Gasteiger partial charge is 0.163 e. The van der Waals surface area contributed by atoms with Crippen LogP contribution in [0.15, 0.2) is 47.8 Å². The summed E-state index contributed by atoms with van der Waals surface area (Å²) >= 11 is 20.1. The zero-order chi connectivity index (χ0) is 19.2. The Kier molecular flexibility index (Phi) is 7.27. The average molecular weight is 443 g/mol. The number of nitrogens with one attached hydrogen (secondary N) is 1. The van der Waals surface area contributed by atoms with Gasteiger partial charge in [-0.05, 0) is 40.8 Å². The molecule has 0 atom stereocenters. The second-order valence-electron chi connectivity index (χ2n) is 5.81. The number of halogens is 3. The first-order valence-corrected chi connectivity index (χ1v) is 10.2. The summed E-state index contributed by atoms with van der Waals surface area (Å²) in [6.45, 7) is 1.77. The van der Waals surface area contributed by atoms with Crippen molar-refractivity contribution in [3.63, 3.8) is 0 Å². The molecule has 0 aliphatic rings. The zero-order valence-corrected chi connectivity index (χ0v) is 17.7. The molecule has 1 aromatic heterocycles. The van der Waals surface area contributed by atoms with Gasteiger partial charge in [0.15, 0.2) is 11.5 Å². The van der Waals surface area contributed by atoms with E-state index in [4.69, 9.17) is 44.3 Å². The molecule has 0 radical (unpaired) electrons. The molecule has 0 amide bonds. The van der Waals surface area contributed by atoms with Gasteiger partial charge in [0.25, 0.3) is 0 Å². The molecule has 3 rings (SSSR count). The molecule has 3 aromatic rings. The van der Waals surface area contributed by atoms with Gasteiger partial charge in [-0.2, -0.15) is 0 Å². The van der Waals surface area contributed by atoms with Crippen LogP contribution in [0.4, 0.5) is 0 Å². The number of hydrogen-bond acceptors (Lipinski definition) is 4. The molecule has 0 aliphatic heterocycles. The topological polar surface area (TPSA) is 30.5 Å². The Morgan fingerprint density at radius 3 is 2.48 bits per heavy atom. The van der Waals surface area contributed by atoms with Crippen molar-refractivity contribution in [2.75, 3.05) is 7.11 Å². The largest absolute Gasteiger partial charge is 0.493 e. The van der Waals surface area contributed by atoms with Crippen molar-refractivity contribution in [1.29, 1.82) is 0 Å². The third-order valence-corrected chi connectivity index (χ3v) is 5.87. The molecule has 142 valence electrons. The number of thiophene rings is 1.